The number of hydrogen-bond acceptors (Lipinski definition) is 7. The molecule has 2 aliphatic carbocycles. The zero-order chi connectivity index (χ0) is 25.2. The molecule has 2 saturated carbocycles. The maximum Gasteiger partial charge on any atom is 0.407 e. The topological polar surface area (TPSA) is 114 Å². The number of amides is 2. The van der Waals surface area contributed by atoms with Crippen LogP contribution in [0.25, 0.3) is 10.4 Å². The summed E-state index contributed by atoms with van der Waals surface area (Å²) in [5.41, 5.74) is 0.960. The number of ether oxygens (including phenoxy) is 1. The van der Waals surface area contributed by atoms with Gasteiger partial charge in [-0.2, -0.15) is 0 Å². The fourth-order valence-electron chi connectivity index (χ4n) is 4.42. The Labute approximate surface area is 210 Å². The van der Waals surface area contributed by atoms with Crippen molar-refractivity contribution in [2.75, 3.05) is 6.54 Å². The fraction of sp³-hybridized carbons (Fsp3) is 0.560. The number of hydrogen-bond donors (Lipinski definition) is 2. The summed E-state index contributed by atoms with van der Waals surface area (Å²) < 4.78 is 31.6. The zero-order valence-corrected chi connectivity index (χ0v) is 22.0. The molecule has 190 valence electrons. The van der Waals surface area contributed by atoms with Crippen LogP contribution in [0.15, 0.2) is 29.3 Å². The summed E-state index contributed by atoms with van der Waals surface area (Å²) in [5, 5.41) is 6.28. The minimum atomic E-state index is -3.51. The molecule has 2 amide bonds. The van der Waals surface area contributed by atoms with E-state index in [-0.39, 0.29) is 40.2 Å². The van der Waals surface area contributed by atoms with Gasteiger partial charge in [0.1, 0.15) is 0 Å². The van der Waals surface area contributed by atoms with Crippen molar-refractivity contribution < 1.29 is 22.7 Å². The molecule has 0 atom stereocenters. The molecule has 1 aromatic carbocycles. The Bertz CT molecular complexity index is 1180. The van der Waals surface area contributed by atoms with Crippen LogP contribution in [0.4, 0.5) is 4.79 Å². The van der Waals surface area contributed by atoms with Crippen molar-refractivity contribution in [3.05, 3.63) is 35.0 Å². The van der Waals surface area contributed by atoms with Gasteiger partial charge in [-0.15, -0.1) is 11.3 Å². The van der Waals surface area contributed by atoms with E-state index in [0.29, 0.717) is 30.5 Å². The molecule has 8 nitrogen and oxygen atoms in total. The van der Waals surface area contributed by atoms with Gasteiger partial charge in [-0.3, -0.25) is 4.79 Å². The van der Waals surface area contributed by atoms with Crippen molar-refractivity contribution in [3.8, 4) is 10.4 Å². The highest BCUT2D eigenvalue weighted by molar-refractivity contribution is 7.92. The summed E-state index contributed by atoms with van der Waals surface area (Å²) in [6.45, 7) is 5.95. The molecule has 1 heterocycles. The van der Waals surface area contributed by atoms with Crippen LogP contribution in [0, 0.1) is 0 Å². The van der Waals surface area contributed by atoms with Gasteiger partial charge >= 0.3 is 6.09 Å². The molecule has 2 fully saturated rings. The second kappa shape index (κ2) is 10.7. The van der Waals surface area contributed by atoms with Crippen molar-refractivity contribution in [1.82, 2.24) is 15.6 Å². The molecule has 2 aliphatic rings. The first-order valence-electron chi connectivity index (χ1n) is 12.3. The van der Waals surface area contributed by atoms with Crippen molar-refractivity contribution in [1.29, 1.82) is 0 Å². The third kappa shape index (κ3) is 6.03. The highest BCUT2D eigenvalue weighted by Gasteiger charge is 2.39. The van der Waals surface area contributed by atoms with Gasteiger partial charge in [0.05, 0.1) is 26.1 Å². The minimum Gasteiger partial charge on any atom is -0.447 e. The van der Waals surface area contributed by atoms with Crippen LogP contribution < -0.4 is 10.6 Å². The molecule has 0 spiro atoms. The van der Waals surface area contributed by atoms with Gasteiger partial charge in [-0.1, -0.05) is 6.07 Å². The van der Waals surface area contributed by atoms with Crippen LogP contribution in [0.1, 0.15) is 80.6 Å². The Morgan fingerprint density at radius 2 is 1.86 bits per heavy atom. The average Bonchev–Trinajstić information content (AvgIpc) is 3.57. The standard InChI is InChI=1S/C25H33N3O5S2/c1-4-26-23(29)17-7-12-20(22(13-17)35(31,32)19-10-11-19)21-14-27-24(34-21)16-5-8-18(9-6-16)28-25(30)33-15(2)3/h7,12-16,18-19H,4-6,8-11H2,1-3H3,(H,26,29)(H,28,30)/t16-,18-. The van der Waals surface area contributed by atoms with E-state index in [1.165, 1.54) is 17.4 Å². The summed E-state index contributed by atoms with van der Waals surface area (Å²) in [6, 6.07) is 5.02. The number of benzene rings is 1. The van der Waals surface area contributed by atoms with Crippen molar-refractivity contribution in [2.24, 2.45) is 0 Å². The first-order chi connectivity index (χ1) is 16.7. The predicted octanol–water partition coefficient (Wildman–Crippen LogP) is 4.66. The van der Waals surface area contributed by atoms with Crippen LogP contribution in [0.3, 0.4) is 0 Å². The number of aromatic nitrogens is 1. The Hall–Kier alpha value is -2.46. The fourth-order valence-corrected chi connectivity index (χ4v) is 7.51. The summed E-state index contributed by atoms with van der Waals surface area (Å²) in [5.74, 6) is -0.00931. The van der Waals surface area contributed by atoms with Crippen LogP contribution in [-0.4, -0.2) is 49.3 Å². The normalized spacial score (nSPS) is 20.5. The second-order valence-corrected chi connectivity index (χ2v) is 12.8. The van der Waals surface area contributed by atoms with Gasteiger partial charge in [-0.25, -0.2) is 18.2 Å². The highest BCUT2D eigenvalue weighted by atomic mass is 32.2. The number of nitrogens with one attached hydrogen (secondary N) is 2. The second-order valence-electron chi connectivity index (χ2n) is 9.52. The SMILES string of the molecule is CCNC(=O)c1ccc(-c2cnc([C@H]3CC[C@H](NC(=O)OC(C)C)CC3)s2)c(S(=O)(=O)C2CC2)c1. The van der Waals surface area contributed by atoms with E-state index >= 15 is 0 Å². The number of rotatable bonds is 8. The monoisotopic (exact) mass is 519 g/mol. The third-order valence-corrected chi connectivity index (χ3v) is 9.87. The van der Waals surface area contributed by atoms with Crippen molar-refractivity contribution >= 4 is 33.2 Å². The van der Waals surface area contributed by atoms with Gasteiger partial charge in [0, 0.05) is 35.8 Å². The lowest BCUT2D eigenvalue weighted by molar-refractivity contribution is 0.0955. The van der Waals surface area contributed by atoms with Crippen LogP contribution in [0.2, 0.25) is 0 Å². The summed E-state index contributed by atoms with van der Waals surface area (Å²) in [7, 11) is -3.51. The number of sulfone groups is 1. The van der Waals surface area contributed by atoms with E-state index in [0.717, 1.165) is 35.6 Å². The third-order valence-electron chi connectivity index (χ3n) is 6.38. The van der Waals surface area contributed by atoms with Crippen molar-refractivity contribution in [2.45, 2.75) is 87.5 Å². The van der Waals surface area contributed by atoms with Gasteiger partial charge in [0.2, 0.25) is 0 Å². The smallest absolute Gasteiger partial charge is 0.407 e. The number of alkyl carbamates (subject to hydrolysis) is 1. The van der Waals surface area contributed by atoms with E-state index in [1.807, 2.05) is 20.8 Å². The summed E-state index contributed by atoms with van der Waals surface area (Å²) >= 11 is 1.51. The first-order valence-corrected chi connectivity index (χ1v) is 14.6. The first kappa shape index (κ1) is 25.6. The quantitative estimate of drug-likeness (QED) is 0.524. The molecule has 10 heteroatoms. The molecule has 0 radical (unpaired) electrons. The van der Waals surface area contributed by atoms with Gasteiger partial charge in [0.15, 0.2) is 9.84 Å². The summed E-state index contributed by atoms with van der Waals surface area (Å²) in [6.07, 6.45) is 6.00. The van der Waals surface area contributed by atoms with E-state index in [4.69, 9.17) is 4.74 Å². The summed E-state index contributed by atoms with van der Waals surface area (Å²) in [4.78, 5) is 29.9. The van der Waals surface area contributed by atoms with E-state index in [2.05, 4.69) is 15.6 Å². The van der Waals surface area contributed by atoms with Gasteiger partial charge in [-0.05, 0) is 71.4 Å². The number of carbonyl (C=O) groups excluding carboxylic acids is 2. The average molecular weight is 520 g/mol. The van der Waals surface area contributed by atoms with Gasteiger partial charge in [0.25, 0.3) is 5.91 Å². The lowest BCUT2D eigenvalue weighted by atomic mass is 9.86. The molecule has 2 aromatic rings. The maximum absolute atomic E-state index is 13.2. The molecular formula is C25H33N3O5S2. The molecule has 4 rings (SSSR count). The number of thiazole rings is 1. The van der Waals surface area contributed by atoms with Crippen LogP contribution in [-0.2, 0) is 14.6 Å². The molecule has 35 heavy (non-hydrogen) atoms. The van der Waals surface area contributed by atoms with Gasteiger partial charge < -0.3 is 15.4 Å². The Kier molecular flexibility index (Phi) is 7.80. The molecule has 0 saturated heterocycles. The molecule has 2 N–H and O–H groups in total. The van der Waals surface area contributed by atoms with E-state index in [1.54, 1.807) is 18.3 Å². The molecule has 0 aliphatic heterocycles. The molecule has 0 unspecified atom stereocenters. The maximum atomic E-state index is 13.2. The number of nitrogens with zero attached hydrogens (tertiary/aromatic N) is 1. The van der Waals surface area contributed by atoms with Crippen LogP contribution in [0.5, 0.6) is 0 Å². The lowest BCUT2D eigenvalue weighted by Gasteiger charge is -2.28. The zero-order valence-electron chi connectivity index (χ0n) is 20.4. The van der Waals surface area contributed by atoms with Crippen LogP contribution >= 0.6 is 11.3 Å². The minimum absolute atomic E-state index is 0.0917. The molecular weight excluding hydrogens is 486 g/mol. The molecule has 1 aromatic heterocycles. The van der Waals surface area contributed by atoms with E-state index < -0.39 is 9.84 Å². The lowest BCUT2D eigenvalue weighted by Crippen LogP contribution is -2.38. The molecule has 0 bridgehead atoms. The predicted molar refractivity (Wildman–Crippen MR) is 136 cm³/mol. The Morgan fingerprint density at radius 1 is 1.14 bits per heavy atom. The Balaban J connectivity index is 1.51. The highest BCUT2D eigenvalue weighted by Crippen LogP contribution is 2.42. The van der Waals surface area contributed by atoms with Crippen molar-refractivity contribution in [3.63, 3.8) is 0 Å². The number of carbonyl (C=O) groups is 2. The largest absolute Gasteiger partial charge is 0.447 e. The Morgan fingerprint density at radius 3 is 2.49 bits per heavy atom. The van der Waals surface area contributed by atoms with E-state index in [9.17, 15) is 18.0 Å².